The van der Waals surface area contributed by atoms with Crippen LogP contribution in [-0.4, -0.2) is 107 Å². The SMILES string of the molecule is CCCOCCOCCOCCn1cc(-c2cc(C#N)cc(C(=O)N3CCC4(C3)NC(=O)N(CC3CCC3)C4=O)c2)nn1. The third-order valence-electron chi connectivity index (χ3n) is 8.17. The summed E-state index contributed by atoms with van der Waals surface area (Å²) < 4.78 is 18.1. The van der Waals surface area contributed by atoms with Gasteiger partial charge in [-0.05, 0) is 49.8 Å². The van der Waals surface area contributed by atoms with Gasteiger partial charge in [-0.15, -0.1) is 5.10 Å². The largest absolute Gasteiger partial charge is 0.379 e. The maximum Gasteiger partial charge on any atom is 0.325 e. The molecule has 5 rings (SSSR count). The summed E-state index contributed by atoms with van der Waals surface area (Å²) in [6.07, 6.45) is 6.26. The van der Waals surface area contributed by atoms with Gasteiger partial charge in [0.1, 0.15) is 11.2 Å². The van der Waals surface area contributed by atoms with Gasteiger partial charge in [0.05, 0.1) is 64.0 Å². The summed E-state index contributed by atoms with van der Waals surface area (Å²) in [5.74, 6) is -0.201. The van der Waals surface area contributed by atoms with Crippen LogP contribution in [0.1, 0.15) is 54.9 Å². The molecule has 3 heterocycles. The molecule has 1 spiro atoms. The van der Waals surface area contributed by atoms with Crippen molar-refractivity contribution in [1.82, 2.24) is 30.1 Å². The minimum atomic E-state index is -1.09. The number of aromatic nitrogens is 3. The van der Waals surface area contributed by atoms with Crippen LogP contribution in [0.2, 0.25) is 0 Å². The lowest BCUT2D eigenvalue weighted by Crippen LogP contribution is -2.50. The Morgan fingerprint density at radius 2 is 1.84 bits per heavy atom. The average Bonchev–Trinajstić information content (AvgIpc) is 3.70. The van der Waals surface area contributed by atoms with Gasteiger partial charge in [0.2, 0.25) is 0 Å². The van der Waals surface area contributed by atoms with Gasteiger partial charge in [0.15, 0.2) is 0 Å². The first-order valence-corrected chi connectivity index (χ1v) is 15.0. The van der Waals surface area contributed by atoms with Crippen LogP contribution in [0.4, 0.5) is 4.79 Å². The molecule has 1 aromatic heterocycles. The van der Waals surface area contributed by atoms with Gasteiger partial charge in [-0.25, -0.2) is 9.48 Å². The van der Waals surface area contributed by atoms with Crippen molar-refractivity contribution in [2.75, 3.05) is 59.3 Å². The molecule has 1 N–H and O–H groups in total. The number of benzene rings is 1. The number of hydrogen-bond donors (Lipinski definition) is 1. The molecule has 1 unspecified atom stereocenters. The van der Waals surface area contributed by atoms with Crippen molar-refractivity contribution in [1.29, 1.82) is 5.26 Å². The third kappa shape index (κ3) is 7.21. The Balaban J connectivity index is 1.15. The van der Waals surface area contributed by atoms with Crippen LogP contribution in [-0.2, 0) is 25.5 Å². The molecule has 1 aliphatic carbocycles. The quantitative estimate of drug-likeness (QED) is 0.242. The fourth-order valence-corrected chi connectivity index (χ4v) is 5.57. The van der Waals surface area contributed by atoms with Crippen molar-refractivity contribution in [2.45, 2.75) is 51.1 Å². The summed E-state index contributed by atoms with van der Waals surface area (Å²) in [4.78, 5) is 42.4. The van der Waals surface area contributed by atoms with Crippen molar-refractivity contribution in [2.24, 2.45) is 5.92 Å². The predicted octanol–water partition coefficient (Wildman–Crippen LogP) is 2.21. The minimum absolute atomic E-state index is 0.0948. The lowest BCUT2D eigenvalue weighted by molar-refractivity contribution is -0.131. The molecule has 1 atom stereocenters. The van der Waals surface area contributed by atoms with E-state index in [2.05, 4.69) is 28.6 Å². The fourth-order valence-electron chi connectivity index (χ4n) is 5.57. The normalized spacial score (nSPS) is 20.1. The number of likely N-dealkylation sites (tertiary alicyclic amines) is 1. The van der Waals surface area contributed by atoms with Crippen LogP contribution < -0.4 is 5.32 Å². The maximum atomic E-state index is 13.6. The van der Waals surface area contributed by atoms with Gasteiger partial charge < -0.3 is 24.4 Å². The van der Waals surface area contributed by atoms with Crippen LogP contribution in [0.3, 0.4) is 0 Å². The summed E-state index contributed by atoms with van der Waals surface area (Å²) in [6.45, 7) is 6.59. The van der Waals surface area contributed by atoms with Crippen molar-refractivity contribution < 1.29 is 28.6 Å². The van der Waals surface area contributed by atoms with Crippen LogP contribution in [0, 0.1) is 17.2 Å². The lowest BCUT2D eigenvalue weighted by Gasteiger charge is -2.29. The van der Waals surface area contributed by atoms with E-state index in [1.807, 2.05) is 0 Å². The van der Waals surface area contributed by atoms with Crippen molar-refractivity contribution in [3.05, 3.63) is 35.5 Å². The van der Waals surface area contributed by atoms with Gasteiger partial charge in [-0.2, -0.15) is 5.26 Å². The third-order valence-corrected chi connectivity index (χ3v) is 8.17. The number of hydrogen-bond acceptors (Lipinski definition) is 9. The molecule has 2 aliphatic heterocycles. The molecule has 13 heteroatoms. The highest BCUT2D eigenvalue weighted by molar-refractivity contribution is 6.08. The van der Waals surface area contributed by atoms with E-state index in [9.17, 15) is 19.6 Å². The molecule has 43 heavy (non-hydrogen) atoms. The first kappa shape index (κ1) is 30.6. The molecule has 2 aromatic rings. The van der Waals surface area contributed by atoms with Crippen molar-refractivity contribution in [3.63, 3.8) is 0 Å². The highest BCUT2D eigenvalue weighted by Crippen LogP contribution is 2.33. The molecule has 1 aromatic carbocycles. The number of nitrogens with zero attached hydrogens (tertiary/aromatic N) is 6. The van der Waals surface area contributed by atoms with E-state index in [4.69, 9.17) is 14.2 Å². The summed E-state index contributed by atoms with van der Waals surface area (Å²) in [6, 6.07) is 6.61. The van der Waals surface area contributed by atoms with E-state index in [1.54, 1.807) is 27.9 Å². The number of imide groups is 1. The van der Waals surface area contributed by atoms with E-state index in [0.29, 0.717) is 87.4 Å². The highest BCUT2D eigenvalue weighted by Gasteiger charge is 2.55. The number of ether oxygens (including phenoxy) is 3. The zero-order chi connectivity index (χ0) is 30.2. The van der Waals surface area contributed by atoms with Crippen LogP contribution in [0.15, 0.2) is 24.4 Å². The van der Waals surface area contributed by atoms with Crippen LogP contribution >= 0.6 is 0 Å². The molecular formula is C30H39N7O6. The Labute approximate surface area is 251 Å². The Morgan fingerprint density at radius 1 is 1.09 bits per heavy atom. The number of nitriles is 1. The van der Waals surface area contributed by atoms with Crippen molar-refractivity contribution >= 4 is 17.8 Å². The molecule has 13 nitrogen and oxygen atoms in total. The molecule has 3 fully saturated rings. The molecule has 230 valence electrons. The Kier molecular flexibility index (Phi) is 10.0. The topological polar surface area (TPSA) is 152 Å². The van der Waals surface area contributed by atoms with Gasteiger partial charge in [0, 0.05) is 30.8 Å². The van der Waals surface area contributed by atoms with E-state index in [0.717, 1.165) is 32.3 Å². The van der Waals surface area contributed by atoms with E-state index in [-0.39, 0.29) is 24.4 Å². The zero-order valence-electron chi connectivity index (χ0n) is 24.6. The summed E-state index contributed by atoms with van der Waals surface area (Å²) in [7, 11) is 0. The number of amides is 4. The molecule has 0 radical (unpaired) electrons. The standard InChI is InChI=1S/C30H39N7O6/c1-2-9-41-11-13-43-14-12-42-10-8-36-20-26(33-34-36)24-15-23(18-31)16-25(17-24)27(38)35-7-6-30(21-35)28(39)37(29(40)32-30)19-22-4-3-5-22/h15-17,20,22H,2-14,19,21H2,1H3,(H,32,40). The van der Waals surface area contributed by atoms with Crippen LogP contribution in [0.5, 0.6) is 0 Å². The van der Waals surface area contributed by atoms with E-state index < -0.39 is 5.54 Å². The number of nitrogens with one attached hydrogen (secondary N) is 1. The average molecular weight is 594 g/mol. The second-order valence-electron chi connectivity index (χ2n) is 11.3. The van der Waals surface area contributed by atoms with E-state index in [1.165, 1.54) is 11.0 Å². The smallest absolute Gasteiger partial charge is 0.325 e. The first-order valence-electron chi connectivity index (χ1n) is 15.0. The molecule has 4 amide bonds. The molecule has 3 aliphatic rings. The van der Waals surface area contributed by atoms with Gasteiger partial charge in [0.25, 0.3) is 11.8 Å². The Hall–Kier alpha value is -3.86. The Morgan fingerprint density at radius 3 is 2.53 bits per heavy atom. The molecule has 0 bridgehead atoms. The van der Waals surface area contributed by atoms with Gasteiger partial charge in [-0.3, -0.25) is 14.5 Å². The first-order chi connectivity index (χ1) is 20.9. The lowest BCUT2D eigenvalue weighted by atomic mass is 9.85. The molecule has 2 saturated heterocycles. The monoisotopic (exact) mass is 593 g/mol. The second kappa shape index (κ2) is 14.1. The summed E-state index contributed by atoms with van der Waals surface area (Å²) in [5.41, 5.74) is 0.631. The maximum absolute atomic E-state index is 13.6. The Bertz CT molecular complexity index is 1350. The van der Waals surface area contributed by atoms with Gasteiger partial charge in [-0.1, -0.05) is 18.6 Å². The second-order valence-corrected chi connectivity index (χ2v) is 11.3. The predicted molar refractivity (Wildman–Crippen MR) is 154 cm³/mol. The fraction of sp³-hybridized carbons (Fsp3) is 0.600. The van der Waals surface area contributed by atoms with Crippen molar-refractivity contribution in [3.8, 4) is 17.3 Å². The molecular weight excluding hydrogens is 554 g/mol. The summed E-state index contributed by atoms with van der Waals surface area (Å²) >= 11 is 0. The zero-order valence-corrected chi connectivity index (χ0v) is 24.6. The number of rotatable bonds is 15. The highest BCUT2D eigenvalue weighted by atomic mass is 16.5. The number of carbonyl (C=O) groups excluding carboxylic acids is 3. The minimum Gasteiger partial charge on any atom is -0.379 e. The molecule has 1 saturated carbocycles. The van der Waals surface area contributed by atoms with E-state index >= 15 is 0 Å². The number of urea groups is 1. The number of carbonyl (C=O) groups is 3. The van der Waals surface area contributed by atoms with Gasteiger partial charge >= 0.3 is 6.03 Å². The van der Waals surface area contributed by atoms with Crippen LogP contribution in [0.25, 0.3) is 11.3 Å². The summed E-state index contributed by atoms with van der Waals surface area (Å²) in [5, 5.41) is 20.9.